The number of hydrogen-bond acceptors (Lipinski definition) is 2. The maximum absolute atomic E-state index is 11.4. The van der Waals surface area contributed by atoms with Crippen LogP contribution in [0.1, 0.15) is 23.6 Å². The first-order chi connectivity index (χ1) is 9.54. The summed E-state index contributed by atoms with van der Waals surface area (Å²) < 4.78 is 5.15. The number of hydrogen-bond donors (Lipinski definition) is 0. The van der Waals surface area contributed by atoms with Gasteiger partial charge in [-0.2, -0.15) is 0 Å². The number of carbonyl (C=O) groups is 1. The van der Waals surface area contributed by atoms with E-state index in [0.717, 1.165) is 17.5 Å². The van der Waals surface area contributed by atoms with Gasteiger partial charge in [0.25, 0.3) is 0 Å². The van der Waals surface area contributed by atoms with Crippen LogP contribution in [0.25, 0.3) is 0 Å². The molecule has 0 atom stereocenters. The minimum atomic E-state index is -0.399. The number of carbonyl (C=O) groups excluding carboxylic acids is 1. The van der Waals surface area contributed by atoms with E-state index in [1.807, 2.05) is 24.3 Å². The SMILES string of the molecule is [CH2]c1ccc(Cc2ccc(OC(=O)C(=C)C)cc2)cc1. The van der Waals surface area contributed by atoms with Crippen LogP contribution in [0.4, 0.5) is 0 Å². The Morgan fingerprint density at radius 2 is 1.50 bits per heavy atom. The van der Waals surface area contributed by atoms with Crippen molar-refractivity contribution in [1.82, 2.24) is 0 Å². The van der Waals surface area contributed by atoms with E-state index in [2.05, 4.69) is 25.6 Å². The predicted octanol–water partition coefficient (Wildman–Crippen LogP) is 3.94. The summed E-state index contributed by atoms with van der Waals surface area (Å²) in [6, 6.07) is 15.6. The summed E-state index contributed by atoms with van der Waals surface area (Å²) in [5.74, 6) is 0.138. The quantitative estimate of drug-likeness (QED) is 0.475. The van der Waals surface area contributed by atoms with E-state index in [0.29, 0.717) is 11.3 Å². The van der Waals surface area contributed by atoms with Crippen LogP contribution < -0.4 is 4.74 Å². The molecule has 0 aliphatic carbocycles. The number of benzene rings is 2. The van der Waals surface area contributed by atoms with Crippen LogP contribution in [0.3, 0.4) is 0 Å². The molecule has 0 aromatic heterocycles. The third-order valence-corrected chi connectivity index (χ3v) is 2.91. The fourth-order valence-corrected chi connectivity index (χ4v) is 1.76. The van der Waals surface area contributed by atoms with E-state index in [9.17, 15) is 4.79 Å². The largest absolute Gasteiger partial charge is 0.423 e. The third kappa shape index (κ3) is 3.82. The topological polar surface area (TPSA) is 26.3 Å². The summed E-state index contributed by atoms with van der Waals surface area (Å²) in [5.41, 5.74) is 3.79. The van der Waals surface area contributed by atoms with Crippen molar-refractivity contribution in [3.63, 3.8) is 0 Å². The van der Waals surface area contributed by atoms with Gasteiger partial charge in [-0.1, -0.05) is 43.0 Å². The molecule has 2 aromatic rings. The van der Waals surface area contributed by atoms with Crippen LogP contribution in [0.15, 0.2) is 60.7 Å². The van der Waals surface area contributed by atoms with Gasteiger partial charge in [-0.3, -0.25) is 0 Å². The van der Waals surface area contributed by atoms with E-state index in [4.69, 9.17) is 4.74 Å². The minimum Gasteiger partial charge on any atom is -0.423 e. The molecule has 2 heteroatoms. The molecule has 0 aliphatic rings. The molecule has 0 N–H and O–H groups in total. The predicted molar refractivity (Wildman–Crippen MR) is 80.6 cm³/mol. The monoisotopic (exact) mass is 265 g/mol. The molecule has 0 heterocycles. The molecule has 0 fully saturated rings. The van der Waals surface area contributed by atoms with Crippen molar-refractivity contribution < 1.29 is 9.53 Å². The summed E-state index contributed by atoms with van der Waals surface area (Å²) >= 11 is 0. The highest BCUT2D eigenvalue weighted by atomic mass is 16.5. The normalized spacial score (nSPS) is 10.1. The lowest BCUT2D eigenvalue weighted by atomic mass is 10.0. The fourth-order valence-electron chi connectivity index (χ4n) is 1.76. The molecule has 2 rings (SSSR count). The van der Waals surface area contributed by atoms with E-state index in [1.54, 1.807) is 19.1 Å². The molecule has 0 spiro atoms. The maximum Gasteiger partial charge on any atom is 0.338 e. The second kappa shape index (κ2) is 6.20. The Hall–Kier alpha value is -2.35. The zero-order valence-electron chi connectivity index (χ0n) is 11.6. The first kappa shape index (κ1) is 14.1. The van der Waals surface area contributed by atoms with E-state index < -0.39 is 5.97 Å². The lowest BCUT2D eigenvalue weighted by Gasteiger charge is -2.06. The molecule has 1 radical (unpaired) electrons. The van der Waals surface area contributed by atoms with Gasteiger partial charge in [0.1, 0.15) is 5.75 Å². The fraction of sp³-hybridized carbons (Fsp3) is 0.111. The summed E-state index contributed by atoms with van der Waals surface area (Å²) in [5, 5.41) is 0. The van der Waals surface area contributed by atoms with Crippen LogP contribution in [-0.4, -0.2) is 5.97 Å². The van der Waals surface area contributed by atoms with Crippen molar-refractivity contribution in [3.8, 4) is 5.75 Å². The van der Waals surface area contributed by atoms with Gasteiger partial charge >= 0.3 is 5.97 Å². The highest BCUT2D eigenvalue weighted by molar-refractivity contribution is 5.88. The van der Waals surface area contributed by atoms with Gasteiger partial charge in [0, 0.05) is 5.57 Å². The lowest BCUT2D eigenvalue weighted by Crippen LogP contribution is -2.08. The molecule has 0 bridgehead atoms. The van der Waals surface area contributed by atoms with Gasteiger partial charge in [0.05, 0.1) is 0 Å². The molecule has 0 saturated heterocycles. The van der Waals surface area contributed by atoms with Crippen molar-refractivity contribution >= 4 is 5.97 Å². The molecule has 2 aromatic carbocycles. The first-order valence-electron chi connectivity index (χ1n) is 6.42. The summed E-state index contributed by atoms with van der Waals surface area (Å²) in [6.07, 6.45) is 0.842. The van der Waals surface area contributed by atoms with Crippen LogP contribution in [0.5, 0.6) is 5.75 Å². The zero-order chi connectivity index (χ0) is 14.5. The van der Waals surface area contributed by atoms with Gasteiger partial charge in [0.15, 0.2) is 0 Å². The van der Waals surface area contributed by atoms with Gasteiger partial charge in [-0.05, 0) is 49.1 Å². The van der Waals surface area contributed by atoms with Gasteiger partial charge in [-0.25, -0.2) is 4.79 Å². The zero-order valence-corrected chi connectivity index (χ0v) is 11.6. The molecule has 101 valence electrons. The molecule has 20 heavy (non-hydrogen) atoms. The van der Waals surface area contributed by atoms with E-state index in [1.165, 1.54) is 5.56 Å². The van der Waals surface area contributed by atoms with Crippen LogP contribution >= 0.6 is 0 Å². The van der Waals surface area contributed by atoms with Gasteiger partial charge in [-0.15, -0.1) is 0 Å². The molecule has 0 saturated carbocycles. The molecule has 0 amide bonds. The van der Waals surface area contributed by atoms with Crippen LogP contribution in [0, 0.1) is 6.92 Å². The number of esters is 1. The first-order valence-corrected chi connectivity index (χ1v) is 6.42. The third-order valence-electron chi connectivity index (χ3n) is 2.91. The van der Waals surface area contributed by atoms with E-state index in [-0.39, 0.29) is 0 Å². The van der Waals surface area contributed by atoms with E-state index >= 15 is 0 Å². The molecule has 0 aliphatic heterocycles. The van der Waals surface area contributed by atoms with Gasteiger partial charge < -0.3 is 4.74 Å². The van der Waals surface area contributed by atoms with Crippen molar-refractivity contribution in [2.75, 3.05) is 0 Å². The van der Waals surface area contributed by atoms with Crippen LogP contribution in [0.2, 0.25) is 0 Å². The van der Waals surface area contributed by atoms with Crippen molar-refractivity contribution in [2.45, 2.75) is 13.3 Å². The average molecular weight is 265 g/mol. The highest BCUT2D eigenvalue weighted by Crippen LogP contribution is 2.16. The number of ether oxygens (including phenoxy) is 1. The Labute approximate surface area is 119 Å². The molecule has 2 nitrogen and oxygen atoms in total. The Morgan fingerprint density at radius 3 is 2.00 bits per heavy atom. The van der Waals surface area contributed by atoms with Crippen molar-refractivity contribution in [1.29, 1.82) is 0 Å². The van der Waals surface area contributed by atoms with Gasteiger partial charge in [0.2, 0.25) is 0 Å². The second-order valence-electron chi connectivity index (χ2n) is 4.81. The summed E-state index contributed by atoms with van der Waals surface area (Å²) in [7, 11) is 0. The Balaban J connectivity index is 2.03. The molecular weight excluding hydrogens is 248 g/mol. The standard InChI is InChI=1S/C18H17O2/c1-13(2)18(19)20-17-10-8-16(9-11-17)12-15-6-4-14(3)5-7-15/h4-11H,1,3,12H2,2H3. The van der Waals surface area contributed by atoms with Crippen molar-refractivity contribution in [2.24, 2.45) is 0 Å². The average Bonchev–Trinajstić information content (AvgIpc) is 2.43. The van der Waals surface area contributed by atoms with Crippen molar-refractivity contribution in [3.05, 3.63) is 84.3 Å². The highest BCUT2D eigenvalue weighted by Gasteiger charge is 2.05. The molecule has 0 unspecified atom stereocenters. The Kier molecular flexibility index (Phi) is 4.36. The number of rotatable bonds is 4. The second-order valence-corrected chi connectivity index (χ2v) is 4.81. The smallest absolute Gasteiger partial charge is 0.338 e. The molecular formula is C18H17O2. The Morgan fingerprint density at radius 1 is 1.00 bits per heavy atom. The minimum absolute atomic E-state index is 0.391. The van der Waals surface area contributed by atoms with Crippen LogP contribution in [-0.2, 0) is 11.2 Å². The summed E-state index contributed by atoms with van der Waals surface area (Å²) in [6.45, 7) is 9.05. The summed E-state index contributed by atoms with van der Waals surface area (Å²) in [4.78, 5) is 11.4. The maximum atomic E-state index is 11.4. The Bertz CT molecular complexity index is 607. The lowest BCUT2D eigenvalue weighted by molar-refractivity contribution is -0.130.